The number of rotatable bonds is 5. The lowest BCUT2D eigenvalue weighted by atomic mass is 9.89. The first-order chi connectivity index (χ1) is 9.59. The Morgan fingerprint density at radius 2 is 2.25 bits per heavy atom. The van der Waals surface area contributed by atoms with Crippen LogP contribution in [0.2, 0.25) is 0 Å². The Bertz CT molecular complexity index is 477. The molecule has 2 unspecified atom stereocenters. The van der Waals surface area contributed by atoms with Gasteiger partial charge < -0.3 is 10.1 Å². The quantitative estimate of drug-likeness (QED) is 0.832. The third-order valence-corrected chi connectivity index (χ3v) is 4.52. The highest BCUT2D eigenvalue weighted by atomic mass is 79.9. The lowest BCUT2D eigenvalue weighted by Crippen LogP contribution is -2.48. The Hall–Kier alpha value is -1.03. The van der Waals surface area contributed by atoms with Crippen LogP contribution in [0, 0.1) is 0 Å². The molecule has 1 aromatic carbocycles. The Balaban J connectivity index is 2.14. The van der Waals surface area contributed by atoms with E-state index in [-0.39, 0.29) is 17.4 Å². The van der Waals surface area contributed by atoms with Gasteiger partial charge in [-0.1, -0.05) is 41.1 Å². The van der Waals surface area contributed by atoms with E-state index < -0.39 is 0 Å². The van der Waals surface area contributed by atoms with Gasteiger partial charge in [0.05, 0.1) is 12.5 Å². The molecule has 0 aromatic heterocycles. The maximum Gasteiger partial charge on any atom is 0.228 e. The summed E-state index contributed by atoms with van der Waals surface area (Å²) in [6.45, 7) is 4.83. The van der Waals surface area contributed by atoms with Gasteiger partial charge in [-0.2, -0.15) is 0 Å². The SMILES string of the molecule is CCC(C)(CCBr)NC(=O)C1CCOc2ccccc21. The Labute approximate surface area is 129 Å². The number of nitrogens with one attached hydrogen (secondary N) is 1. The number of halogens is 1. The van der Waals surface area contributed by atoms with Gasteiger partial charge >= 0.3 is 0 Å². The summed E-state index contributed by atoms with van der Waals surface area (Å²) in [6.07, 6.45) is 2.60. The molecule has 4 heteroatoms. The molecule has 2 atom stereocenters. The number of carbonyl (C=O) groups excluding carboxylic acids is 1. The van der Waals surface area contributed by atoms with Crippen LogP contribution in [0.25, 0.3) is 0 Å². The van der Waals surface area contributed by atoms with Crippen LogP contribution in [0.1, 0.15) is 44.6 Å². The molecular weight excluding hydrogens is 318 g/mol. The molecule has 1 heterocycles. The molecule has 1 aromatic rings. The van der Waals surface area contributed by atoms with Crippen LogP contribution in [0.3, 0.4) is 0 Å². The minimum atomic E-state index is -0.145. The zero-order valence-corrected chi connectivity index (χ0v) is 13.7. The van der Waals surface area contributed by atoms with E-state index in [1.54, 1.807) is 0 Å². The molecule has 0 spiro atoms. The van der Waals surface area contributed by atoms with Crippen molar-refractivity contribution in [2.45, 2.75) is 44.6 Å². The average Bonchev–Trinajstić information content (AvgIpc) is 2.46. The molecule has 0 radical (unpaired) electrons. The monoisotopic (exact) mass is 339 g/mol. The van der Waals surface area contributed by atoms with E-state index in [1.165, 1.54) is 0 Å². The predicted molar refractivity (Wildman–Crippen MR) is 84.5 cm³/mol. The summed E-state index contributed by atoms with van der Waals surface area (Å²) in [6, 6.07) is 7.84. The van der Waals surface area contributed by atoms with Gasteiger partial charge in [0, 0.05) is 16.4 Å². The third-order valence-electron chi connectivity index (χ3n) is 4.13. The second kappa shape index (κ2) is 6.61. The summed E-state index contributed by atoms with van der Waals surface area (Å²) in [4.78, 5) is 12.6. The van der Waals surface area contributed by atoms with Crippen molar-refractivity contribution in [2.75, 3.05) is 11.9 Å². The molecule has 110 valence electrons. The first kappa shape index (κ1) is 15.4. The largest absolute Gasteiger partial charge is 0.493 e. The number of alkyl halides is 1. The molecule has 20 heavy (non-hydrogen) atoms. The van der Waals surface area contributed by atoms with Crippen molar-refractivity contribution in [3.8, 4) is 5.75 Å². The first-order valence-electron chi connectivity index (χ1n) is 7.19. The van der Waals surface area contributed by atoms with E-state index in [4.69, 9.17) is 4.74 Å². The topological polar surface area (TPSA) is 38.3 Å². The van der Waals surface area contributed by atoms with Crippen LogP contribution in [-0.4, -0.2) is 23.4 Å². The second-order valence-electron chi connectivity index (χ2n) is 5.57. The van der Waals surface area contributed by atoms with Gasteiger partial charge in [-0.05, 0) is 32.3 Å². The lowest BCUT2D eigenvalue weighted by Gasteiger charge is -2.33. The normalized spacial score (nSPS) is 20.4. The van der Waals surface area contributed by atoms with Crippen molar-refractivity contribution in [2.24, 2.45) is 0 Å². The van der Waals surface area contributed by atoms with Gasteiger partial charge in [0.1, 0.15) is 5.75 Å². The zero-order valence-electron chi connectivity index (χ0n) is 12.1. The van der Waals surface area contributed by atoms with Gasteiger partial charge in [-0.15, -0.1) is 0 Å². The van der Waals surface area contributed by atoms with E-state index in [1.807, 2.05) is 24.3 Å². The van der Waals surface area contributed by atoms with Crippen molar-refractivity contribution in [1.29, 1.82) is 0 Å². The van der Waals surface area contributed by atoms with Crippen molar-refractivity contribution >= 4 is 21.8 Å². The third kappa shape index (κ3) is 3.35. The van der Waals surface area contributed by atoms with E-state index in [0.29, 0.717) is 6.61 Å². The van der Waals surface area contributed by atoms with Crippen LogP contribution >= 0.6 is 15.9 Å². The number of benzene rings is 1. The molecule has 0 bridgehead atoms. The maximum atomic E-state index is 12.6. The van der Waals surface area contributed by atoms with Crippen LogP contribution in [0.4, 0.5) is 0 Å². The van der Waals surface area contributed by atoms with Crippen molar-refractivity contribution in [3.63, 3.8) is 0 Å². The molecular formula is C16H22BrNO2. The smallest absolute Gasteiger partial charge is 0.228 e. The van der Waals surface area contributed by atoms with Gasteiger partial charge in [0.15, 0.2) is 0 Å². The molecule has 1 aliphatic rings. The Kier molecular flexibility index (Phi) is 5.08. The van der Waals surface area contributed by atoms with Crippen molar-refractivity contribution < 1.29 is 9.53 Å². The van der Waals surface area contributed by atoms with Crippen molar-refractivity contribution in [1.82, 2.24) is 5.32 Å². The standard InChI is InChI=1S/C16H22BrNO2/c1-3-16(2,9-10-17)18-15(19)13-8-11-20-14-7-5-4-6-12(13)14/h4-7,13H,3,8-11H2,1-2H3,(H,18,19). The Morgan fingerprint density at radius 3 is 2.95 bits per heavy atom. The number of ether oxygens (including phenoxy) is 1. The minimum absolute atomic E-state index is 0.0962. The van der Waals surface area contributed by atoms with E-state index >= 15 is 0 Å². The summed E-state index contributed by atoms with van der Waals surface area (Å²) < 4.78 is 5.62. The molecule has 1 N–H and O–H groups in total. The van der Waals surface area contributed by atoms with E-state index in [2.05, 4.69) is 35.1 Å². The van der Waals surface area contributed by atoms with Gasteiger partial charge in [0.25, 0.3) is 0 Å². The number of para-hydroxylation sites is 1. The Morgan fingerprint density at radius 1 is 1.50 bits per heavy atom. The zero-order chi connectivity index (χ0) is 14.6. The first-order valence-corrected chi connectivity index (χ1v) is 8.31. The highest BCUT2D eigenvalue weighted by molar-refractivity contribution is 9.09. The van der Waals surface area contributed by atoms with Crippen LogP contribution in [0.15, 0.2) is 24.3 Å². The fourth-order valence-electron chi connectivity index (χ4n) is 2.54. The average molecular weight is 340 g/mol. The molecule has 0 saturated heterocycles. The van der Waals surface area contributed by atoms with Gasteiger partial charge in [-0.25, -0.2) is 0 Å². The molecule has 0 fully saturated rings. The summed E-state index contributed by atoms with van der Waals surface area (Å²) >= 11 is 3.47. The molecule has 2 rings (SSSR count). The van der Waals surface area contributed by atoms with Crippen LogP contribution in [0.5, 0.6) is 5.75 Å². The summed E-state index contributed by atoms with van der Waals surface area (Å²) in [5.74, 6) is 0.866. The summed E-state index contributed by atoms with van der Waals surface area (Å²) in [7, 11) is 0. The second-order valence-corrected chi connectivity index (χ2v) is 6.36. The molecule has 3 nitrogen and oxygen atoms in total. The predicted octanol–water partition coefficient (Wildman–Crippen LogP) is 3.62. The number of fused-ring (bicyclic) bond motifs is 1. The molecule has 0 aliphatic carbocycles. The number of hydrogen-bond donors (Lipinski definition) is 1. The lowest BCUT2D eigenvalue weighted by molar-refractivity contribution is -0.125. The summed E-state index contributed by atoms with van der Waals surface area (Å²) in [5, 5.41) is 4.12. The van der Waals surface area contributed by atoms with Gasteiger partial charge in [0.2, 0.25) is 5.91 Å². The molecule has 1 aliphatic heterocycles. The fraction of sp³-hybridized carbons (Fsp3) is 0.562. The van der Waals surface area contributed by atoms with E-state index in [9.17, 15) is 4.79 Å². The van der Waals surface area contributed by atoms with Gasteiger partial charge in [-0.3, -0.25) is 4.79 Å². The van der Waals surface area contributed by atoms with Crippen LogP contribution in [-0.2, 0) is 4.79 Å². The minimum Gasteiger partial charge on any atom is -0.493 e. The highest BCUT2D eigenvalue weighted by Crippen LogP contribution is 2.34. The molecule has 0 saturated carbocycles. The highest BCUT2D eigenvalue weighted by Gasteiger charge is 2.31. The van der Waals surface area contributed by atoms with Crippen LogP contribution < -0.4 is 10.1 Å². The van der Waals surface area contributed by atoms with E-state index in [0.717, 1.165) is 35.9 Å². The maximum absolute atomic E-state index is 12.6. The number of carbonyl (C=O) groups is 1. The number of hydrogen-bond acceptors (Lipinski definition) is 2. The molecule has 1 amide bonds. The summed E-state index contributed by atoms with van der Waals surface area (Å²) in [5.41, 5.74) is 0.863. The fourth-order valence-corrected chi connectivity index (χ4v) is 3.41. The number of amides is 1. The van der Waals surface area contributed by atoms with Crippen molar-refractivity contribution in [3.05, 3.63) is 29.8 Å².